The lowest BCUT2D eigenvalue weighted by Crippen LogP contribution is -2.25. The zero-order chi connectivity index (χ0) is 20.3. The Hall–Kier alpha value is -1.34. The van der Waals surface area contributed by atoms with E-state index < -0.39 is 0 Å². The van der Waals surface area contributed by atoms with Crippen LogP contribution in [-0.2, 0) is 11.3 Å². The number of ether oxygens (including phenoxy) is 1. The van der Waals surface area contributed by atoms with Crippen LogP contribution in [0, 0.1) is 17.8 Å². The first-order valence-corrected chi connectivity index (χ1v) is 12.2. The van der Waals surface area contributed by atoms with Crippen LogP contribution in [0.1, 0.15) is 94.6 Å². The van der Waals surface area contributed by atoms with Crippen molar-refractivity contribution in [2.45, 2.75) is 90.1 Å². The zero-order valence-corrected chi connectivity index (χ0v) is 18.7. The van der Waals surface area contributed by atoms with Crippen molar-refractivity contribution in [3.63, 3.8) is 0 Å². The first-order valence-electron chi connectivity index (χ1n) is 12.2. The Kier molecular flexibility index (Phi) is 9.54. The van der Waals surface area contributed by atoms with E-state index in [9.17, 15) is 0 Å². The fraction of sp³-hybridized carbons (Fsp3) is 0.643. The van der Waals surface area contributed by atoms with Crippen molar-refractivity contribution in [2.24, 2.45) is 17.8 Å². The third-order valence-corrected chi connectivity index (χ3v) is 7.30. The van der Waals surface area contributed by atoms with E-state index in [2.05, 4.69) is 49.9 Å². The minimum atomic E-state index is 0.719. The Bertz CT molecular complexity index is 598. The zero-order valence-electron chi connectivity index (χ0n) is 18.7. The van der Waals surface area contributed by atoms with Crippen molar-refractivity contribution in [2.75, 3.05) is 6.61 Å². The Morgan fingerprint density at radius 2 is 1.55 bits per heavy atom. The van der Waals surface area contributed by atoms with Crippen LogP contribution in [0.25, 0.3) is 0 Å². The predicted octanol–water partition coefficient (Wildman–Crippen LogP) is 8.22. The third kappa shape index (κ3) is 7.14. The Balaban J connectivity index is 1.38. The van der Waals surface area contributed by atoms with E-state index in [1.165, 1.54) is 69.8 Å². The molecule has 0 N–H and O–H groups in total. The molecular weight excluding hydrogens is 352 g/mol. The first kappa shape index (κ1) is 22.3. The van der Waals surface area contributed by atoms with Gasteiger partial charge < -0.3 is 4.74 Å². The highest BCUT2D eigenvalue weighted by Crippen LogP contribution is 2.44. The highest BCUT2D eigenvalue weighted by molar-refractivity contribution is 5.25. The van der Waals surface area contributed by atoms with E-state index in [0.29, 0.717) is 0 Å². The van der Waals surface area contributed by atoms with Gasteiger partial charge in [0.1, 0.15) is 0 Å². The van der Waals surface area contributed by atoms with Gasteiger partial charge in [-0.1, -0.05) is 55.8 Å². The van der Waals surface area contributed by atoms with Crippen LogP contribution in [0.5, 0.6) is 0 Å². The summed E-state index contributed by atoms with van der Waals surface area (Å²) in [5.41, 5.74) is 2.83. The molecule has 3 rings (SSSR count). The minimum Gasteiger partial charge on any atom is -0.376 e. The first-order chi connectivity index (χ1) is 14.3. The molecule has 0 spiro atoms. The number of allylic oxidation sites excluding steroid dienone is 2. The maximum absolute atomic E-state index is 5.69. The molecule has 0 radical (unpaired) electrons. The van der Waals surface area contributed by atoms with Gasteiger partial charge in [0.2, 0.25) is 0 Å². The number of hydrogen-bond acceptors (Lipinski definition) is 1. The minimum absolute atomic E-state index is 0.719. The maximum atomic E-state index is 5.69. The van der Waals surface area contributed by atoms with Crippen molar-refractivity contribution in [3.05, 3.63) is 60.2 Å². The monoisotopic (exact) mass is 394 g/mol. The van der Waals surface area contributed by atoms with Crippen molar-refractivity contribution >= 4 is 0 Å². The lowest BCUT2D eigenvalue weighted by Gasteiger charge is -2.37. The molecule has 2 fully saturated rings. The van der Waals surface area contributed by atoms with Crippen molar-refractivity contribution in [3.8, 4) is 0 Å². The molecular formula is C28H42O. The lowest BCUT2D eigenvalue weighted by molar-refractivity contribution is 0.125. The van der Waals surface area contributed by atoms with Crippen LogP contribution in [0.2, 0.25) is 0 Å². The number of unbranched alkanes of at least 4 members (excludes halogenated alkanes) is 1. The van der Waals surface area contributed by atoms with Gasteiger partial charge in [0, 0.05) is 0 Å². The topological polar surface area (TPSA) is 9.23 Å². The van der Waals surface area contributed by atoms with E-state index in [1.807, 2.05) is 6.08 Å². The van der Waals surface area contributed by atoms with Crippen molar-refractivity contribution < 1.29 is 4.74 Å². The summed E-state index contributed by atoms with van der Waals surface area (Å²) in [6.45, 7) is 7.50. The smallest absolute Gasteiger partial charge is 0.0717 e. The summed E-state index contributed by atoms with van der Waals surface area (Å²) in [5, 5.41) is 0. The number of hydrogen-bond donors (Lipinski definition) is 0. The van der Waals surface area contributed by atoms with Gasteiger partial charge >= 0.3 is 0 Å². The van der Waals surface area contributed by atoms with Crippen LogP contribution in [0.3, 0.4) is 0 Å². The number of benzene rings is 1. The molecule has 2 aliphatic carbocycles. The average molecular weight is 395 g/mol. The molecule has 0 atom stereocenters. The largest absolute Gasteiger partial charge is 0.376 e. The third-order valence-electron chi connectivity index (χ3n) is 7.30. The average Bonchev–Trinajstić information content (AvgIpc) is 2.78. The molecule has 2 aliphatic rings. The standard InChI is InChI=1S/C28H42O/c1-3-5-7-8-23-9-13-25(14-10-23)27-17-19-28(20-18-27)26-15-11-24(12-16-26)22-29-21-6-4-2/h4,7-8,11-12,15-16,23,25,27-28H,2-3,5-6,9-10,13-14,17-22H2,1H3/b8-7+/t23-,25-,27?,28?. The Labute approximate surface area is 179 Å². The van der Waals surface area contributed by atoms with Gasteiger partial charge in [-0.15, -0.1) is 6.58 Å². The maximum Gasteiger partial charge on any atom is 0.0717 e. The van der Waals surface area contributed by atoms with Gasteiger partial charge in [-0.3, -0.25) is 0 Å². The quantitative estimate of drug-likeness (QED) is 0.287. The van der Waals surface area contributed by atoms with Gasteiger partial charge in [0.15, 0.2) is 0 Å². The van der Waals surface area contributed by atoms with Gasteiger partial charge in [-0.05, 0) is 99.0 Å². The molecule has 160 valence electrons. The fourth-order valence-electron chi connectivity index (χ4n) is 5.43. The molecule has 1 heteroatoms. The van der Waals surface area contributed by atoms with E-state index in [0.717, 1.165) is 43.3 Å². The van der Waals surface area contributed by atoms with E-state index in [4.69, 9.17) is 4.74 Å². The van der Waals surface area contributed by atoms with Crippen LogP contribution in [0.15, 0.2) is 49.1 Å². The molecule has 29 heavy (non-hydrogen) atoms. The molecule has 2 saturated carbocycles. The molecule has 0 aliphatic heterocycles. The van der Waals surface area contributed by atoms with Crippen LogP contribution in [-0.4, -0.2) is 6.61 Å². The summed E-state index contributed by atoms with van der Waals surface area (Å²) in [4.78, 5) is 0. The van der Waals surface area contributed by atoms with Crippen LogP contribution >= 0.6 is 0 Å². The van der Waals surface area contributed by atoms with E-state index in [-0.39, 0.29) is 0 Å². The molecule has 1 aromatic rings. The normalized spacial score (nSPS) is 27.9. The Morgan fingerprint density at radius 3 is 2.17 bits per heavy atom. The molecule has 0 bridgehead atoms. The summed E-state index contributed by atoms with van der Waals surface area (Å²) in [6, 6.07) is 9.24. The highest BCUT2D eigenvalue weighted by atomic mass is 16.5. The Morgan fingerprint density at radius 1 is 0.897 bits per heavy atom. The SMILES string of the molecule is C=CCCOCc1ccc(C2CCC([C@H]3CC[C@H](/C=C/CCC)CC3)CC2)cc1. The highest BCUT2D eigenvalue weighted by Gasteiger charge is 2.30. The second kappa shape index (κ2) is 12.4. The van der Waals surface area contributed by atoms with Gasteiger partial charge in [-0.25, -0.2) is 0 Å². The molecule has 0 heterocycles. The van der Waals surface area contributed by atoms with E-state index >= 15 is 0 Å². The molecule has 0 amide bonds. The molecule has 0 unspecified atom stereocenters. The van der Waals surface area contributed by atoms with Crippen LogP contribution < -0.4 is 0 Å². The second-order valence-electron chi connectivity index (χ2n) is 9.37. The lowest BCUT2D eigenvalue weighted by atomic mass is 9.68. The molecule has 0 saturated heterocycles. The summed E-state index contributed by atoms with van der Waals surface area (Å²) in [5.74, 6) is 3.63. The number of rotatable bonds is 10. The summed E-state index contributed by atoms with van der Waals surface area (Å²) >= 11 is 0. The van der Waals surface area contributed by atoms with Gasteiger partial charge in [0.25, 0.3) is 0 Å². The van der Waals surface area contributed by atoms with Gasteiger partial charge in [-0.2, -0.15) is 0 Å². The summed E-state index contributed by atoms with van der Waals surface area (Å²) < 4.78 is 5.69. The molecule has 1 aromatic carbocycles. The summed E-state index contributed by atoms with van der Waals surface area (Å²) in [7, 11) is 0. The second-order valence-corrected chi connectivity index (χ2v) is 9.37. The van der Waals surface area contributed by atoms with E-state index in [1.54, 1.807) is 5.56 Å². The van der Waals surface area contributed by atoms with Crippen LogP contribution in [0.4, 0.5) is 0 Å². The fourth-order valence-corrected chi connectivity index (χ4v) is 5.43. The molecule has 0 aromatic heterocycles. The van der Waals surface area contributed by atoms with Gasteiger partial charge in [0.05, 0.1) is 13.2 Å². The predicted molar refractivity (Wildman–Crippen MR) is 125 cm³/mol. The summed E-state index contributed by atoms with van der Waals surface area (Å²) in [6.07, 6.45) is 21.8. The van der Waals surface area contributed by atoms with Crippen molar-refractivity contribution in [1.29, 1.82) is 0 Å². The van der Waals surface area contributed by atoms with Crippen molar-refractivity contribution in [1.82, 2.24) is 0 Å². The molecule has 1 nitrogen and oxygen atoms in total.